The summed E-state index contributed by atoms with van der Waals surface area (Å²) in [5.41, 5.74) is 2.55. The predicted octanol–water partition coefficient (Wildman–Crippen LogP) is 5.44. The van der Waals surface area contributed by atoms with E-state index in [1.807, 2.05) is 24.3 Å². The third kappa shape index (κ3) is 5.25. The normalized spacial score (nSPS) is 14.0. The van der Waals surface area contributed by atoms with E-state index in [-0.39, 0.29) is 17.3 Å². The number of nitro benzene ring substituents is 1. The van der Waals surface area contributed by atoms with Crippen molar-refractivity contribution in [2.75, 3.05) is 7.11 Å². The lowest BCUT2D eigenvalue weighted by Gasteiger charge is -2.11. The van der Waals surface area contributed by atoms with E-state index in [1.54, 1.807) is 43.3 Å². The minimum Gasteiger partial charge on any atom is -0.493 e. The number of cyclic esters (lactones) is 1. The fourth-order valence-electron chi connectivity index (χ4n) is 3.26. The Morgan fingerprint density at radius 2 is 1.85 bits per heavy atom. The average Bonchev–Trinajstić information content (AvgIpc) is 3.19. The molecular formula is C25H19IN2O6. The Labute approximate surface area is 209 Å². The van der Waals surface area contributed by atoms with E-state index in [0.29, 0.717) is 34.8 Å². The predicted molar refractivity (Wildman–Crippen MR) is 135 cm³/mol. The first-order valence-corrected chi connectivity index (χ1v) is 11.2. The molecule has 0 saturated heterocycles. The zero-order valence-electron chi connectivity index (χ0n) is 18.3. The molecule has 0 saturated carbocycles. The van der Waals surface area contributed by atoms with Crippen molar-refractivity contribution >= 4 is 46.2 Å². The summed E-state index contributed by atoms with van der Waals surface area (Å²) in [6.45, 7) is 2.02. The van der Waals surface area contributed by atoms with Gasteiger partial charge in [0, 0.05) is 20.8 Å². The Hall–Kier alpha value is -3.73. The van der Waals surface area contributed by atoms with Crippen LogP contribution in [-0.2, 0) is 16.1 Å². The molecule has 172 valence electrons. The van der Waals surface area contributed by atoms with Gasteiger partial charge in [0.05, 0.1) is 12.0 Å². The standard InChI is InChI=1S/C25H19IN2O6/c1-15-3-7-18(13-21(15)28(30)31)24-27-20(25(29)34-24)11-17-6-10-22(23(12-17)32-2)33-14-16-4-8-19(26)9-5-16/h3-13H,14H2,1-2H3/b20-11-. The van der Waals surface area contributed by atoms with E-state index in [2.05, 4.69) is 27.6 Å². The monoisotopic (exact) mass is 570 g/mol. The molecule has 4 rings (SSSR count). The summed E-state index contributed by atoms with van der Waals surface area (Å²) in [5, 5.41) is 11.2. The zero-order chi connectivity index (χ0) is 24.2. The Kier molecular flexibility index (Phi) is 6.92. The number of ether oxygens (including phenoxy) is 3. The zero-order valence-corrected chi connectivity index (χ0v) is 20.4. The van der Waals surface area contributed by atoms with Gasteiger partial charge in [-0.2, -0.15) is 0 Å². The van der Waals surface area contributed by atoms with Crippen molar-refractivity contribution in [1.82, 2.24) is 0 Å². The van der Waals surface area contributed by atoms with Crippen LogP contribution >= 0.6 is 22.6 Å². The van der Waals surface area contributed by atoms with Gasteiger partial charge < -0.3 is 14.2 Å². The van der Waals surface area contributed by atoms with Crippen molar-refractivity contribution in [3.05, 3.63) is 102 Å². The number of methoxy groups -OCH3 is 1. The molecule has 0 aliphatic carbocycles. The number of hydrogen-bond acceptors (Lipinski definition) is 7. The van der Waals surface area contributed by atoms with Gasteiger partial charge in [-0.25, -0.2) is 9.79 Å². The van der Waals surface area contributed by atoms with E-state index in [1.165, 1.54) is 13.2 Å². The number of carbonyl (C=O) groups excluding carboxylic acids is 1. The van der Waals surface area contributed by atoms with Crippen molar-refractivity contribution in [2.24, 2.45) is 4.99 Å². The third-order valence-corrected chi connectivity index (χ3v) is 5.79. The number of nitro groups is 1. The Morgan fingerprint density at radius 3 is 2.56 bits per heavy atom. The number of rotatable bonds is 7. The molecule has 8 nitrogen and oxygen atoms in total. The summed E-state index contributed by atoms with van der Waals surface area (Å²) in [6, 6.07) is 17.8. The Morgan fingerprint density at radius 1 is 1.09 bits per heavy atom. The molecule has 0 radical (unpaired) electrons. The van der Waals surface area contributed by atoms with Crippen molar-refractivity contribution in [3.63, 3.8) is 0 Å². The van der Waals surface area contributed by atoms with E-state index in [0.717, 1.165) is 9.13 Å². The van der Waals surface area contributed by atoms with Gasteiger partial charge in [0.1, 0.15) is 6.61 Å². The maximum absolute atomic E-state index is 12.4. The third-order valence-electron chi connectivity index (χ3n) is 5.07. The molecule has 1 aliphatic rings. The van der Waals surface area contributed by atoms with Crippen LogP contribution in [0.15, 0.2) is 71.4 Å². The van der Waals surface area contributed by atoms with Crippen molar-refractivity contribution in [3.8, 4) is 11.5 Å². The first-order valence-electron chi connectivity index (χ1n) is 10.2. The minimum atomic E-state index is -0.642. The molecular weight excluding hydrogens is 551 g/mol. The summed E-state index contributed by atoms with van der Waals surface area (Å²) < 4.78 is 17.7. The quantitative estimate of drug-likeness (QED) is 0.123. The molecule has 0 aromatic heterocycles. The summed E-state index contributed by atoms with van der Waals surface area (Å²) in [4.78, 5) is 27.3. The number of esters is 1. The number of halogens is 1. The van der Waals surface area contributed by atoms with Crippen LogP contribution in [0.3, 0.4) is 0 Å². The number of aryl methyl sites for hydroxylation is 1. The SMILES string of the molecule is COc1cc(/C=C2\N=C(c3ccc(C)c([N+](=O)[O-])c3)OC2=O)ccc1OCc1ccc(I)cc1. The van der Waals surface area contributed by atoms with Gasteiger partial charge in [-0.1, -0.05) is 24.3 Å². The minimum absolute atomic E-state index is 0.0174. The van der Waals surface area contributed by atoms with Gasteiger partial charge in [0.2, 0.25) is 5.90 Å². The van der Waals surface area contributed by atoms with Crippen LogP contribution in [-0.4, -0.2) is 23.9 Å². The lowest BCUT2D eigenvalue weighted by Crippen LogP contribution is -2.06. The fraction of sp³-hybridized carbons (Fsp3) is 0.120. The number of aliphatic imine (C=N–C) groups is 1. The summed E-state index contributed by atoms with van der Waals surface area (Å²) >= 11 is 2.25. The molecule has 1 aliphatic heterocycles. The molecule has 1 heterocycles. The van der Waals surface area contributed by atoms with Crippen LogP contribution in [0.1, 0.15) is 22.3 Å². The molecule has 9 heteroatoms. The molecule has 0 amide bonds. The molecule has 0 atom stereocenters. The fourth-order valence-corrected chi connectivity index (χ4v) is 3.62. The highest BCUT2D eigenvalue weighted by molar-refractivity contribution is 14.1. The van der Waals surface area contributed by atoms with Gasteiger partial charge in [0.15, 0.2) is 17.2 Å². The Balaban J connectivity index is 1.55. The second-order valence-electron chi connectivity index (χ2n) is 7.42. The van der Waals surface area contributed by atoms with Crippen LogP contribution in [0.5, 0.6) is 11.5 Å². The van der Waals surface area contributed by atoms with Crippen LogP contribution in [0.2, 0.25) is 0 Å². The van der Waals surface area contributed by atoms with Crippen LogP contribution in [0, 0.1) is 20.6 Å². The number of nitrogens with zero attached hydrogens (tertiary/aromatic N) is 2. The maximum Gasteiger partial charge on any atom is 0.363 e. The summed E-state index contributed by atoms with van der Waals surface area (Å²) in [5.74, 6) is 0.443. The molecule has 3 aromatic rings. The van der Waals surface area contributed by atoms with Crippen LogP contribution in [0.25, 0.3) is 6.08 Å². The highest BCUT2D eigenvalue weighted by atomic mass is 127. The first-order chi connectivity index (χ1) is 16.3. The van der Waals surface area contributed by atoms with E-state index in [4.69, 9.17) is 14.2 Å². The first kappa shape index (κ1) is 23.4. The van der Waals surface area contributed by atoms with E-state index in [9.17, 15) is 14.9 Å². The second-order valence-corrected chi connectivity index (χ2v) is 8.67. The molecule has 0 N–H and O–H groups in total. The summed E-state index contributed by atoms with van der Waals surface area (Å²) in [6.07, 6.45) is 1.56. The second kappa shape index (κ2) is 10.0. The number of hydrogen-bond donors (Lipinski definition) is 0. The highest BCUT2D eigenvalue weighted by Gasteiger charge is 2.26. The molecule has 3 aromatic carbocycles. The molecule has 34 heavy (non-hydrogen) atoms. The van der Waals surface area contributed by atoms with Gasteiger partial charge in [0.25, 0.3) is 5.69 Å². The van der Waals surface area contributed by atoms with Crippen molar-refractivity contribution in [1.29, 1.82) is 0 Å². The smallest absolute Gasteiger partial charge is 0.363 e. The molecule has 0 unspecified atom stereocenters. The molecule has 0 bridgehead atoms. The van der Waals surface area contributed by atoms with Gasteiger partial charge in [-0.05, 0) is 77.0 Å². The van der Waals surface area contributed by atoms with Crippen LogP contribution in [0.4, 0.5) is 5.69 Å². The van der Waals surface area contributed by atoms with E-state index >= 15 is 0 Å². The number of carbonyl (C=O) groups is 1. The lowest BCUT2D eigenvalue weighted by atomic mass is 10.1. The topological polar surface area (TPSA) is 100 Å². The van der Waals surface area contributed by atoms with Crippen molar-refractivity contribution < 1.29 is 23.9 Å². The Bertz CT molecular complexity index is 1330. The molecule has 0 fully saturated rings. The lowest BCUT2D eigenvalue weighted by molar-refractivity contribution is -0.385. The summed E-state index contributed by atoms with van der Waals surface area (Å²) in [7, 11) is 1.54. The number of benzene rings is 3. The average molecular weight is 570 g/mol. The van der Waals surface area contributed by atoms with Crippen LogP contribution < -0.4 is 9.47 Å². The van der Waals surface area contributed by atoms with Crippen molar-refractivity contribution in [2.45, 2.75) is 13.5 Å². The largest absolute Gasteiger partial charge is 0.493 e. The van der Waals surface area contributed by atoms with Gasteiger partial charge in [-0.3, -0.25) is 10.1 Å². The van der Waals surface area contributed by atoms with Gasteiger partial charge in [-0.15, -0.1) is 0 Å². The van der Waals surface area contributed by atoms with Gasteiger partial charge >= 0.3 is 5.97 Å². The van der Waals surface area contributed by atoms with E-state index < -0.39 is 10.9 Å². The highest BCUT2D eigenvalue weighted by Crippen LogP contribution is 2.31. The molecule has 0 spiro atoms. The maximum atomic E-state index is 12.4.